The summed E-state index contributed by atoms with van der Waals surface area (Å²) >= 11 is 0. The summed E-state index contributed by atoms with van der Waals surface area (Å²) in [5.74, 6) is 0.606. The molecule has 3 heterocycles. The Morgan fingerprint density at radius 1 is 1.10 bits per heavy atom. The van der Waals surface area contributed by atoms with Gasteiger partial charge in [0.05, 0.1) is 27.8 Å². The molecule has 0 fully saturated rings. The zero-order chi connectivity index (χ0) is 21.5. The monoisotopic (exact) mass is 410 g/mol. The molecular weight excluding hydrogens is 392 g/mol. The molecule has 0 unspecified atom stereocenters. The second-order valence-corrected chi connectivity index (χ2v) is 7.08. The van der Waals surface area contributed by atoms with Gasteiger partial charge in [-0.1, -0.05) is 12.1 Å². The van der Waals surface area contributed by atoms with Gasteiger partial charge in [-0.3, -0.25) is 9.13 Å². The van der Waals surface area contributed by atoms with Gasteiger partial charge in [-0.2, -0.15) is 10.2 Å². The average molecular weight is 410 g/mol. The van der Waals surface area contributed by atoms with Crippen LogP contribution in [0.3, 0.4) is 0 Å². The van der Waals surface area contributed by atoms with Crippen LogP contribution in [-0.2, 0) is 13.6 Å². The number of nitriles is 1. The van der Waals surface area contributed by atoms with E-state index < -0.39 is 0 Å². The van der Waals surface area contributed by atoms with Gasteiger partial charge in [0.1, 0.15) is 11.8 Å². The highest BCUT2D eigenvalue weighted by atomic mass is 16.5. The number of ether oxygens (including phenoxy) is 1. The van der Waals surface area contributed by atoms with E-state index in [1.54, 1.807) is 39.5 Å². The van der Waals surface area contributed by atoms with E-state index >= 15 is 0 Å². The molecule has 0 aliphatic carbocycles. The fraction of sp³-hybridized carbons (Fsp3) is 0.130. The standard InChI is InChI=1S/C23H18N6O2/c1-3-28-20-12-15(13-24)14-25-21(20)29(23(28)30)16-8-10-17(11-9-16)31-22-26-18-6-4-5-7-19(18)27(22)2/h4-12,14H,3H2,1-2H3. The van der Waals surface area contributed by atoms with Crippen LogP contribution in [0.15, 0.2) is 65.6 Å². The molecule has 0 aliphatic heterocycles. The molecule has 0 amide bonds. The SMILES string of the molecule is CCn1c(=O)n(-c2ccc(Oc3nc4ccccc4n3C)cc2)c2ncc(C#N)cc21. The molecule has 0 radical (unpaired) electrons. The number of hydrogen-bond acceptors (Lipinski definition) is 5. The van der Waals surface area contributed by atoms with Gasteiger partial charge in [-0.05, 0) is 49.4 Å². The van der Waals surface area contributed by atoms with Crippen molar-refractivity contribution in [3.05, 3.63) is 76.8 Å². The number of aryl methyl sites for hydroxylation is 2. The lowest BCUT2D eigenvalue weighted by Crippen LogP contribution is -2.22. The van der Waals surface area contributed by atoms with Crippen LogP contribution in [0, 0.1) is 11.3 Å². The molecule has 0 saturated carbocycles. The molecule has 0 bridgehead atoms. The minimum absolute atomic E-state index is 0.205. The van der Waals surface area contributed by atoms with Gasteiger partial charge in [0, 0.05) is 19.8 Å². The summed E-state index contributed by atoms with van der Waals surface area (Å²) in [6, 6.07) is 19.3. The normalized spacial score (nSPS) is 11.1. The van der Waals surface area contributed by atoms with Crippen LogP contribution in [0.5, 0.6) is 11.8 Å². The first-order valence-electron chi connectivity index (χ1n) is 9.82. The molecule has 2 aromatic carbocycles. The minimum atomic E-state index is -0.205. The molecule has 8 nitrogen and oxygen atoms in total. The number of benzene rings is 2. The number of para-hydroxylation sites is 2. The predicted octanol–water partition coefficient (Wildman–Crippen LogP) is 3.76. The third kappa shape index (κ3) is 2.95. The molecule has 0 N–H and O–H groups in total. The van der Waals surface area contributed by atoms with Gasteiger partial charge < -0.3 is 4.74 Å². The van der Waals surface area contributed by atoms with Crippen LogP contribution in [0.25, 0.3) is 27.9 Å². The van der Waals surface area contributed by atoms with Crippen molar-refractivity contribution in [2.45, 2.75) is 13.5 Å². The number of fused-ring (bicyclic) bond motifs is 2. The van der Waals surface area contributed by atoms with E-state index in [2.05, 4.69) is 16.0 Å². The fourth-order valence-electron chi connectivity index (χ4n) is 3.71. The van der Waals surface area contributed by atoms with Gasteiger partial charge in [-0.15, -0.1) is 0 Å². The summed E-state index contributed by atoms with van der Waals surface area (Å²) in [5, 5.41) is 9.17. The van der Waals surface area contributed by atoms with E-state index in [9.17, 15) is 4.79 Å². The van der Waals surface area contributed by atoms with Crippen LogP contribution < -0.4 is 10.4 Å². The second-order valence-electron chi connectivity index (χ2n) is 7.08. The third-order valence-corrected chi connectivity index (χ3v) is 5.27. The Labute approximate surface area is 177 Å². The van der Waals surface area contributed by atoms with E-state index in [0.717, 1.165) is 11.0 Å². The summed E-state index contributed by atoms with van der Waals surface area (Å²) in [6.45, 7) is 2.37. The molecular formula is C23H18N6O2. The highest BCUT2D eigenvalue weighted by Gasteiger charge is 2.16. The number of rotatable bonds is 4. The van der Waals surface area contributed by atoms with Crippen molar-refractivity contribution < 1.29 is 4.74 Å². The van der Waals surface area contributed by atoms with E-state index in [0.29, 0.717) is 40.7 Å². The van der Waals surface area contributed by atoms with Gasteiger partial charge in [-0.25, -0.2) is 14.3 Å². The van der Waals surface area contributed by atoms with Crippen molar-refractivity contribution in [1.29, 1.82) is 5.26 Å². The molecule has 31 heavy (non-hydrogen) atoms. The fourth-order valence-corrected chi connectivity index (χ4v) is 3.71. The molecule has 5 aromatic rings. The highest BCUT2D eigenvalue weighted by Crippen LogP contribution is 2.26. The largest absolute Gasteiger partial charge is 0.425 e. The molecule has 0 aliphatic rings. The molecule has 0 atom stereocenters. The molecule has 8 heteroatoms. The molecule has 3 aromatic heterocycles. The molecule has 152 valence electrons. The van der Waals surface area contributed by atoms with E-state index in [1.165, 1.54) is 6.20 Å². The number of aromatic nitrogens is 5. The van der Waals surface area contributed by atoms with Crippen molar-refractivity contribution in [2.24, 2.45) is 7.05 Å². The Morgan fingerprint density at radius 3 is 2.58 bits per heavy atom. The predicted molar refractivity (Wildman–Crippen MR) is 117 cm³/mol. The van der Waals surface area contributed by atoms with Gasteiger partial charge >= 0.3 is 11.7 Å². The summed E-state index contributed by atoms with van der Waals surface area (Å²) in [6.07, 6.45) is 1.47. The van der Waals surface area contributed by atoms with Crippen molar-refractivity contribution in [1.82, 2.24) is 23.7 Å². The lowest BCUT2D eigenvalue weighted by atomic mass is 10.3. The first kappa shape index (κ1) is 18.6. The number of pyridine rings is 1. The molecule has 0 saturated heterocycles. The average Bonchev–Trinajstić information content (AvgIpc) is 3.26. The van der Waals surface area contributed by atoms with Crippen LogP contribution in [0.2, 0.25) is 0 Å². The number of imidazole rings is 2. The lowest BCUT2D eigenvalue weighted by molar-refractivity contribution is 0.428. The number of nitrogens with zero attached hydrogens (tertiary/aromatic N) is 6. The van der Waals surface area contributed by atoms with Crippen molar-refractivity contribution >= 4 is 22.2 Å². The van der Waals surface area contributed by atoms with E-state index in [4.69, 9.17) is 10.00 Å². The summed E-state index contributed by atoms with van der Waals surface area (Å²) in [5.41, 5.74) is 3.86. The third-order valence-electron chi connectivity index (χ3n) is 5.27. The van der Waals surface area contributed by atoms with Crippen LogP contribution in [0.4, 0.5) is 0 Å². The van der Waals surface area contributed by atoms with Crippen molar-refractivity contribution in [2.75, 3.05) is 0 Å². The topological polar surface area (TPSA) is 90.7 Å². The Hall–Kier alpha value is -4.38. The Balaban J connectivity index is 1.54. The smallest absolute Gasteiger partial charge is 0.334 e. The highest BCUT2D eigenvalue weighted by molar-refractivity contribution is 5.77. The Morgan fingerprint density at radius 2 is 1.87 bits per heavy atom. The number of hydrogen-bond donors (Lipinski definition) is 0. The maximum absolute atomic E-state index is 13.0. The van der Waals surface area contributed by atoms with Gasteiger partial charge in [0.25, 0.3) is 0 Å². The zero-order valence-corrected chi connectivity index (χ0v) is 17.0. The van der Waals surface area contributed by atoms with Gasteiger partial charge in [0.15, 0.2) is 5.65 Å². The molecule has 0 spiro atoms. The molecule has 5 rings (SSSR count). The minimum Gasteiger partial charge on any atom is -0.425 e. The summed E-state index contributed by atoms with van der Waals surface area (Å²) in [4.78, 5) is 21.9. The van der Waals surface area contributed by atoms with Gasteiger partial charge in [0.2, 0.25) is 0 Å². The summed E-state index contributed by atoms with van der Waals surface area (Å²) < 4.78 is 11.0. The van der Waals surface area contributed by atoms with Crippen LogP contribution in [-0.4, -0.2) is 23.7 Å². The van der Waals surface area contributed by atoms with Crippen LogP contribution >= 0.6 is 0 Å². The zero-order valence-electron chi connectivity index (χ0n) is 17.0. The summed E-state index contributed by atoms with van der Waals surface area (Å²) in [7, 11) is 1.90. The second kappa shape index (κ2) is 7.15. The van der Waals surface area contributed by atoms with Crippen molar-refractivity contribution in [3.8, 4) is 23.5 Å². The first-order valence-corrected chi connectivity index (χ1v) is 9.82. The van der Waals surface area contributed by atoms with E-state index in [-0.39, 0.29) is 5.69 Å². The Kier molecular flexibility index (Phi) is 4.30. The van der Waals surface area contributed by atoms with E-state index in [1.807, 2.05) is 42.8 Å². The lowest BCUT2D eigenvalue weighted by Gasteiger charge is -2.07. The quantitative estimate of drug-likeness (QED) is 0.450. The maximum Gasteiger partial charge on any atom is 0.334 e. The maximum atomic E-state index is 13.0. The van der Waals surface area contributed by atoms with Crippen molar-refractivity contribution in [3.63, 3.8) is 0 Å². The first-order chi connectivity index (χ1) is 15.1. The Bertz CT molecular complexity index is 1530. The van der Waals surface area contributed by atoms with Crippen LogP contribution in [0.1, 0.15) is 12.5 Å².